The molecule has 1 atom stereocenters. The zero-order chi connectivity index (χ0) is 22.7. The minimum atomic E-state index is -0.820. The van der Waals surface area contributed by atoms with E-state index < -0.39 is 17.9 Å². The van der Waals surface area contributed by atoms with Crippen LogP contribution < -0.4 is 11.1 Å². The van der Waals surface area contributed by atoms with E-state index in [9.17, 15) is 9.59 Å². The molecule has 3 N–H and O–H groups in total. The Bertz CT molecular complexity index is 804. The number of halogens is 1. The van der Waals surface area contributed by atoms with Crippen LogP contribution in [-0.4, -0.2) is 52.5 Å². The number of benzene rings is 1. The number of carbonyl (C=O) groups is 2. The maximum atomic E-state index is 13.1. The van der Waals surface area contributed by atoms with Crippen LogP contribution in [0.25, 0.3) is 0 Å². The SMILES string of the molecule is CCOC(=O)/C(=C(/C)COCCN)C(/C(C(=O)OC)=C(/C)NC)c1ccccc1Cl. The molecule has 0 spiro atoms. The van der Waals surface area contributed by atoms with Gasteiger partial charge in [-0.2, -0.15) is 0 Å². The highest BCUT2D eigenvalue weighted by Gasteiger charge is 2.35. The molecule has 8 heteroatoms. The van der Waals surface area contributed by atoms with Crippen molar-refractivity contribution in [3.05, 3.63) is 57.3 Å². The topological polar surface area (TPSA) is 99.9 Å². The van der Waals surface area contributed by atoms with Gasteiger partial charge in [0.2, 0.25) is 0 Å². The number of esters is 2. The lowest BCUT2D eigenvalue weighted by atomic mass is 9.81. The molecule has 1 unspecified atom stereocenters. The molecule has 0 bridgehead atoms. The zero-order valence-corrected chi connectivity index (χ0v) is 19.0. The van der Waals surface area contributed by atoms with Gasteiger partial charge in [-0.15, -0.1) is 0 Å². The summed E-state index contributed by atoms with van der Waals surface area (Å²) in [7, 11) is 2.98. The van der Waals surface area contributed by atoms with Crippen molar-refractivity contribution in [2.24, 2.45) is 5.73 Å². The second-order valence-corrected chi connectivity index (χ2v) is 6.90. The Morgan fingerprint density at radius 3 is 2.37 bits per heavy atom. The molecule has 0 heterocycles. The van der Waals surface area contributed by atoms with E-state index in [1.807, 2.05) is 0 Å². The third kappa shape index (κ3) is 6.58. The van der Waals surface area contributed by atoms with Gasteiger partial charge < -0.3 is 25.3 Å². The summed E-state index contributed by atoms with van der Waals surface area (Å²) in [5.74, 6) is -1.95. The van der Waals surface area contributed by atoms with Crippen LogP contribution in [0.4, 0.5) is 0 Å². The van der Waals surface area contributed by atoms with Gasteiger partial charge in [-0.3, -0.25) is 0 Å². The molecule has 0 aliphatic carbocycles. The van der Waals surface area contributed by atoms with Crippen molar-refractivity contribution in [3.8, 4) is 0 Å². The van der Waals surface area contributed by atoms with E-state index in [4.69, 9.17) is 31.5 Å². The summed E-state index contributed by atoms with van der Waals surface area (Å²) in [4.78, 5) is 25.9. The smallest absolute Gasteiger partial charge is 0.336 e. The summed E-state index contributed by atoms with van der Waals surface area (Å²) in [5.41, 5.74) is 7.77. The number of nitrogens with one attached hydrogen (secondary N) is 1. The standard InChI is InChI=1S/C22H31ClN2O5/c1-6-30-22(27)18(14(2)13-29-12-11-24)20(16-9-7-8-10-17(16)23)19(15(3)25-4)21(26)28-5/h7-10,20,25H,6,11-13,24H2,1-5H3/b18-14-,19-15+. The number of methoxy groups -OCH3 is 1. The first-order valence-electron chi connectivity index (χ1n) is 9.69. The van der Waals surface area contributed by atoms with Crippen LogP contribution in [0.15, 0.2) is 46.7 Å². The minimum absolute atomic E-state index is 0.152. The molecular weight excluding hydrogens is 408 g/mol. The second-order valence-electron chi connectivity index (χ2n) is 6.49. The van der Waals surface area contributed by atoms with Crippen LogP contribution in [-0.2, 0) is 23.8 Å². The summed E-state index contributed by atoms with van der Waals surface area (Å²) in [6, 6.07) is 7.05. The van der Waals surface area contributed by atoms with E-state index in [0.29, 0.717) is 35.0 Å². The summed E-state index contributed by atoms with van der Waals surface area (Å²) < 4.78 is 15.9. The Morgan fingerprint density at radius 2 is 1.83 bits per heavy atom. The summed E-state index contributed by atoms with van der Waals surface area (Å²) in [5, 5.41) is 3.39. The molecular formula is C22H31ClN2O5. The second kappa shape index (κ2) is 13.1. The van der Waals surface area contributed by atoms with Gasteiger partial charge in [-0.05, 0) is 38.0 Å². The molecule has 0 fully saturated rings. The van der Waals surface area contributed by atoms with Crippen molar-refractivity contribution < 1.29 is 23.8 Å². The number of carbonyl (C=O) groups excluding carboxylic acids is 2. The fraction of sp³-hybridized carbons (Fsp3) is 0.455. The van der Waals surface area contributed by atoms with Gasteiger partial charge in [-0.25, -0.2) is 9.59 Å². The van der Waals surface area contributed by atoms with Crippen molar-refractivity contribution in [2.75, 3.05) is 40.5 Å². The van der Waals surface area contributed by atoms with Crippen molar-refractivity contribution in [3.63, 3.8) is 0 Å². The van der Waals surface area contributed by atoms with Gasteiger partial charge in [0.1, 0.15) is 0 Å². The third-order valence-electron chi connectivity index (χ3n) is 4.51. The van der Waals surface area contributed by atoms with E-state index in [1.54, 1.807) is 52.1 Å². The van der Waals surface area contributed by atoms with Crippen molar-refractivity contribution in [1.29, 1.82) is 0 Å². The van der Waals surface area contributed by atoms with Crippen LogP contribution in [0.5, 0.6) is 0 Å². The maximum Gasteiger partial charge on any atom is 0.336 e. The average Bonchev–Trinajstić information content (AvgIpc) is 2.73. The number of allylic oxidation sites excluding steroid dienone is 1. The van der Waals surface area contributed by atoms with Gasteiger partial charge in [0.05, 0.1) is 44.0 Å². The molecule has 0 aromatic heterocycles. The van der Waals surface area contributed by atoms with Crippen molar-refractivity contribution in [2.45, 2.75) is 26.7 Å². The van der Waals surface area contributed by atoms with Gasteiger partial charge >= 0.3 is 11.9 Å². The number of hydrogen-bond donors (Lipinski definition) is 2. The van der Waals surface area contributed by atoms with Gasteiger partial charge in [0, 0.05) is 24.3 Å². The zero-order valence-electron chi connectivity index (χ0n) is 18.2. The molecule has 0 aliphatic heterocycles. The summed E-state index contributed by atoms with van der Waals surface area (Å²) in [6.45, 7) is 6.23. The van der Waals surface area contributed by atoms with Crippen LogP contribution >= 0.6 is 11.6 Å². The largest absolute Gasteiger partial charge is 0.466 e. The van der Waals surface area contributed by atoms with E-state index >= 15 is 0 Å². The fourth-order valence-corrected chi connectivity index (χ4v) is 3.28. The van der Waals surface area contributed by atoms with Crippen LogP contribution in [0.1, 0.15) is 32.3 Å². The first kappa shape index (κ1) is 25.7. The molecule has 0 amide bonds. The highest BCUT2D eigenvalue weighted by molar-refractivity contribution is 6.31. The molecule has 30 heavy (non-hydrogen) atoms. The molecule has 0 radical (unpaired) electrons. The number of hydrogen-bond acceptors (Lipinski definition) is 7. The molecule has 1 aromatic carbocycles. The van der Waals surface area contributed by atoms with E-state index in [1.165, 1.54) is 7.11 Å². The number of rotatable bonds is 11. The summed E-state index contributed by atoms with van der Waals surface area (Å²) in [6.07, 6.45) is 0. The molecule has 1 rings (SSSR count). The van der Waals surface area contributed by atoms with Crippen LogP contribution in [0.2, 0.25) is 5.02 Å². The maximum absolute atomic E-state index is 13.1. The van der Waals surface area contributed by atoms with E-state index in [-0.39, 0.29) is 24.4 Å². The van der Waals surface area contributed by atoms with E-state index in [2.05, 4.69) is 5.32 Å². The summed E-state index contributed by atoms with van der Waals surface area (Å²) >= 11 is 6.50. The molecule has 0 aliphatic rings. The molecule has 7 nitrogen and oxygen atoms in total. The Kier molecular flexibility index (Phi) is 11.2. The Morgan fingerprint density at radius 1 is 1.17 bits per heavy atom. The average molecular weight is 439 g/mol. The highest BCUT2D eigenvalue weighted by atomic mass is 35.5. The predicted molar refractivity (Wildman–Crippen MR) is 117 cm³/mol. The fourth-order valence-electron chi connectivity index (χ4n) is 3.03. The highest BCUT2D eigenvalue weighted by Crippen LogP contribution is 2.39. The molecule has 166 valence electrons. The first-order chi connectivity index (χ1) is 14.3. The van der Waals surface area contributed by atoms with Crippen molar-refractivity contribution in [1.82, 2.24) is 5.32 Å². The third-order valence-corrected chi connectivity index (χ3v) is 4.86. The Hall–Kier alpha value is -2.35. The Balaban J connectivity index is 3.85. The van der Waals surface area contributed by atoms with Crippen LogP contribution in [0, 0.1) is 0 Å². The normalized spacial score (nSPS) is 13.7. The minimum Gasteiger partial charge on any atom is -0.466 e. The van der Waals surface area contributed by atoms with Gasteiger partial charge in [-0.1, -0.05) is 29.8 Å². The lowest BCUT2D eigenvalue weighted by Gasteiger charge is -2.26. The van der Waals surface area contributed by atoms with Gasteiger partial charge in [0.15, 0.2) is 0 Å². The predicted octanol–water partition coefficient (Wildman–Crippen LogP) is 2.94. The first-order valence-corrected chi connectivity index (χ1v) is 10.1. The van der Waals surface area contributed by atoms with Gasteiger partial charge in [0.25, 0.3) is 0 Å². The van der Waals surface area contributed by atoms with E-state index in [0.717, 1.165) is 0 Å². The number of ether oxygens (including phenoxy) is 3. The molecule has 0 saturated heterocycles. The van der Waals surface area contributed by atoms with Crippen LogP contribution in [0.3, 0.4) is 0 Å². The van der Waals surface area contributed by atoms with Crippen molar-refractivity contribution >= 4 is 23.5 Å². The molecule has 0 saturated carbocycles. The lowest BCUT2D eigenvalue weighted by Crippen LogP contribution is -2.26. The number of nitrogens with two attached hydrogens (primary N) is 1. The Labute approximate surface area is 183 Å². The quantitative estimate of drug-likeness (QED) is 0.311. The molecule has 1 aromatic rings. The lowest BCUT2D eigenvalue weighted by molar-refractivity contribution is -0.139. The monoisotopic (exact) mass is 438 g/mol.